The van der Waals surface area contributed by atoms with E-state index in [9.17, 15) is 0 Å². The molecule has 0 N–H and O–H groups in total. The number of rotatable bonds is 1. The maximum Gasteiger partial charge on any atom is 0.141 e. The van der Waals surface area contributed by atoms with E-state index in [1.807, 2.05) is 6.92 Å². The molecule has 56 valence electrons. The van der Waals surface area contributed by atoms with E-state index in [-0.39, 0.29) is 0 Å². The van der Waals surface area contributed by atoms with Gasteiger partial charge in [0.25, 0.3) is 0 Å². The quantitative estimate of drug-likeness (QED) is 0.560. The maximum atomic E-state index is 5.23. The first-order valence-electron chi connectivity index (χ1n) is 3.24. The second kappa shape index (κ2) is 3.07. The van der Waals surface area contributed by atoms with Gasteiger partial charge in [0.05, 0.1) is 13.3 Å². The Morgan fingerprint density at radius 1 is 1.55 bits per heavy atom. The predicted octanol–water partition coefficient (Wildman–Crippen LogP) is 1.38. The summed E-state index contributed by atoms with van der Waals surface area (Å²) in [5.41, 5.74) is 1.74. The number of pyridine rings is 1. The van der Waals surface area contributed by atoms with E-state index in [0.717, 1.165) is 16.9 Å². The molecule has 1 heterocycles. The summed E-state index contributed by atoms with van der Waals surface area (Å²) in [7, 11) is 1.60. The number of methoxy groups -OCH3 is 1. The zero-order chi connectivity index (χ0) is 8.27. The van der Waals surface area contributed by atoms with Crippen molar-refractivity contribution in [3.05, 3.63) is 23.5 Å². The third-order valence-corrected chi connectivity index (χ3v) is 1.54. The summed E-state index contributed by atoms with van der Waals surface area (Å²) in [5, 5.41) is 0. The molecular weight excluding hydrogens is 138 g/mol. The van der Waals surface area contributed by atoms with Crippen molar-refractivity contribution in [1.29, 1.82) is 0 Å². The van der Waals surface area contributed by atoms with Gasteiger partial charge in [-0.25, -0.2) is 0 Å². The summed E-state index contributed by atoms with van der Waals surface area (Å²) in [6, 6.07) is 0. The van der Waals surface area contributed by atoms with Crippen molar-refractivity contribution in [3.63, 3.8) is 0 Å². The average molecular weight is 147 g/mol. The van der Waals surface area contributed by atoms with Gasteiger partial charge in [-0.15, -0.1) is 6.42 Å². The Bertz CT molecular complexity index is 299. The van der Waals surface area contributed by atoms with Crippen LogP contribution in [0.1, 0.15) is 11.1 Å². The molecule has 0 aromatic carbocycles. The summed E-state index contributed by atoms with van der Waals surface area (Å²) in [4.78, 5) is 3.92. The Morgan fingerprint density at radius 3 is 2.82 bits per heavy atom. The third-order valence-electron chi connectivity index (χ3n) is 1.54. The largest absolute Gasteiger partial charge is 0.495 e. The normalized spacial score (nSPS) is 8.82. The summed E-state index contributed by atoms with van der Waals surface area (Å²) < 4.78 is 5.03. The van der Waals surface area contributed by atoms with E-state index in [2.05, 4.69) is 10.9 Å². The Balaban J connectivity index is 3.23. The van der Waals surface area contributed by atoms with Gasteiger partial charge >= 0.3 is 0 Å². The molecule has 0 fully saturated rings. The predicted molar refractivity (Wildman–Crippen MR) is 43.5 cm³/mol. The van der Waals surface area contributed by atoms with Crippen molar-refractivity contribution in [2.24, 2.45) is 0 Å². The first-order valence-corrected chi connectivity index (χ1v) is 3.24. The van der Waals surface area contributed by atoms with Gasteiger partial charge in [0.15, 0.2) is 0 Å². The van der Waals surface area contributed by atoms with E-state index in [4.69, 9.17) is 11.2 Å². The first-order chi connectivity index (χ1) is 5.29. The Hall–Kier alpha value is -1.49. The van der Waals surface area contributed by atoms with Crippen LogP contribution in [-0.4, -0.2) is 12.1 Å². The van der Waals surface area contributed by atoms with Gasteiger partial charge in [0.1, 0.15) is 5.75 Å². The Labute approximate surface area is 66.2 Å². The summed E-state index contributed by atoms with van der Waals surface area (Å²) in [6.07, 6.45) is 8.53. The van der Waals surface area contributed by atoms with Crippen molar-refractivity contribution < 1.29 is 4.74 Å². The molecule has 0 amide bonds. The molecule has 1 aromatic heterocycles. The molecule has 0 radical (unpaired) electrons. The van der Waals surface area contributed by atoms with Crippen LogP contribution in [0.25, 0.3) is 0 Å². The van der Waals surface area contributed by atoms with E-state index < -0.39 is 0 Å². The van der Waals surface area contributed by atoms with E-state index in [1.54, 1.807) is 19.5 Å². The molecule has 0 saturated carbocycles. The molecule has 0 aliphatic heterocycles. The highest BCUT2D eigenvalue weighted by Gasteiger charge is 2.00. The van der Waals surface area contributed by atoms with Gasteiger partial charge in [-0.3, -0.25) is 4.98 Å². The average Bonchev–Trinajstić information content (AvgIpc) is 2.05. The Kier molecular flexibility index (Phi) is 2.12. The van der Waals surface area contributed by atoms with Crippen LogP contribution in [0.2, 0.25) is 0 Å². The summed E-state index contributed by atoms with van der Waals surface area (Å²) in [6.45, 7) is 1.91. The van der Waals surface area contributed by atoms with Crippen molar-refractivity contribution in [1.82, 2.24) is 4.98 Å². The number of ether oxygens (including phenoxy) is 1. The number of aromatic nitrogens is 1. The molecule has 1 aromatic rings. The van der Waals surface area contributed by atoms with Crippen molar-refractivity contribution >= 4 is 0 Å². The minimum Gasteiger partial charge on any atom is -0.495 e. The van der Waals surface area contributed by atoms with Crippen molar-refractivity contribution in [3.8, 4) is 18.1 Å². The lowest BCUT2D eigenvalue weighted by Gasteiger charge is -2.03. The Morgan fingerprint density at radius 2 is 2.27 bits per heavy atom. The highest BCUT2D eigenvalue weighted by molar-refractivity contribution is 5.44. The van der Waals surface area contributed by atoms with Crippen LogP contribution >= 0.6 is 0 Å². The van der Waals surface area contributed by atoms with E-state index in [1.165, 1.54) is 0 Å². The monoisotopic (exact) mass is 147 g/mol. The fraction of sp³-hybridized carbons (Fsp3) is 0.222. The van der Waals surface area contributed by atoms with Crippen LogP contribution in [0.5, 0.6) is 5.75 Å². The highest BCUT2D eigenvalue weighted by Crippen LogP contribution is 2.17. The smallest absolute Gasteiger partial charge is 0.141 e. The molecule has 2 nitrogen and oxygen atoms in total. The van der Waals surface area contributed by atoms with Gasteiger partial charge in [-0.2, -0.15) is 0 Å². The SMILES string of the molecule is C#Cc1cncc(OC)c1C. The third kappa shape index (κ3) is 1.32. The summed E-state index contributed by atoms with van der Waals surface area (Å²) in [5.74, 6) is 3.26. The molecule has 0 bridgehead atoms. The van der Waals surface area contributed by atoms with Crippen LogP contribution in [0.4, 0.5) is 0 Å². The zero-order valence-electron chi connectivity index (χ0n) is 6.59. The molecule has 2 heteroatoms. The molecule has 0 aliphatic carbocycles. The fourth-order valence-corrected chi connectivity index (χ4v) is 0.857. The molecule has 0 atom stereocenters. The second-order valence-corrected chi connectivity index (χ2v) is 2.16. The lowest BCUT2D eigenvalue weighted by molar-refractivity contribution is 0.409. The topological polar surface area (TPSA) is 22.1 Å². The lowest BCUT2D eigenvalue weighted by Crippen LogP contribution is -1.91. The van der Waals surface area contributed by atoms with Crippen molar-refractivity contribution in [2.75, 3.05) is 7.11 Å². The molecule has 0 aliphatic rings. The summed E-state index contributed by atoms with van der Waals surface area (Å²) >= 11 is 0. The van der Waals surface area contributed by atoms with Crippen LogP contribution < -0.4 is 4.74 Å². The second-order valence-electron chi connectivity index (χ2n) is 2.16. The molecular formula is C9H9NO. The minimum absolute atomic E-state index is 0.737. The van der Waals surface area contributed by atoms with Crippen molar-refractivity contribution in [2.45, 2.75) is 6.92 Å². The van der Waals surface area contributed by atoms with Gasteiger partial charge in [-0.05, 0) is 6.92 Å². The molecule has 0 spiro atoms. The molecule has 11 heavy (non-hydrogen) atoms. The van der Waals surface area contributed by atoms with Gasteiger partial charge in [0, 0.05) is 17.3 Å². The number of hydrogen-bond donors (Lipinski definition) is 0. The minimum atomic E-state index is 0.737. The first kappa shape index (κ1) is 7.62. The standard InChI is InChI=1S/C9H9NO/c1-4-8-5-10-6-9(11-3)7(8)2/h1,5-6H,2-3H3. The van der Waals surface area contributed by atoms with Crippen LogP contribution in [0.3, 0.4) is 0 Å². The van der Waals surface area contributed by atoms with E-state index in [0.29, 0.717) is 0 Å². The van der Waals surface area contributed by atoms with Gasteiger partial charge in [0.2, 0.25) is 0 Å². The number of terminal acetylenes is 1. The highest BCUT2D eigenvalue weighted by atomic mass is 16.5. The number of nitrogens with zero attached hydrogens (tertiary/aromatic N) is 1. The van der Waals surface area contributed by atoms with E-state index >= 15 is 0 Å². The van der Waals surface area contributed by atoms with Crippen LogP contribution in [0, 0.1) is 19.3 Å². The van der Waals surface area contributed by atoms with Crippen LogP contribution in [0.15, 0.2) is 12.4 Å². The number of hydrogen-bond acceptors (Lipinski definition) is 2. The fourth-order valence-electron chi connectivity index (χ4n) is 0.857. The molecule has 0 saturated heterocycles. The molecule has 1 rings (SSSR count). The zero-order valence-corrected chi connectivity index (χ0v) is 6.59. The lowest BCUT2D eigenvalue weighted by atomic mass is 10.1. The van der Waals surface area contributed by atoms with Gasteiger partial charge in [-0.1, -0.05) is 5.92 Å². The van der Waals surface area contributed by atoms with Gasteiger partial charge < -0.3 is 4.74 Å². The maximum absolute atomic E-state index is 5.23. The van der Waals surface area contributed by atoms with Crippen LogP contribution in [-0.2, 0) is 0 Å². The molecule has 0 unspecified atom stereocenters.